The summed E-state index contributed by atoms with van der Waals surface area (Å²) in [6.45, 7) is 3.92. The van der Waals surface area contributed by atoms with Crippen molar-refractivity contribution in [2.75, 3.05) is 26.1 Å². The highest BCUT2D eigenvalue weighted by atomic mass is 32.1. The Labute approximate surface area is 177 Å². The van der Waals surface area contributed by atoms with Crippen LogP contribution in [0.1, 0.15) is 32.5 Å². The number of hydrogen-bond donors (Lipinski definition) is 1. The van der Waals surface area contributed by atoms with Crippen molar-refractivity contribution in [3.05, 3.63) is 51.7 Å². The van der Waals surface area contributed by atoms with Crippen molar-refractivity contribution in [1.29, 1.82) is 0 Å². The molecule has 3 aromatic rings. The molecular formula is C21H21NO5S2. The summed E-state index contributed by atoms with van der Waals surface area (Å²) in [5.74, 6) is 0.175. The molecule has 2 heterocycles. The lowest BCUT2D eigenvalue weighted by Gasteiger charge is -2.10. The first-order valence-corrected chi connectivity index (χ1v) is 10.6. The van der Waals surface area contributed by atoms with Crippen LogP contribution in [0.3, 0.4) is 0 Å². The zero-order chi connectivity index (χ0) is 21.0. The van der Waals surface area contributed by atoms with Crippen molar-refractivity contribution < 1.29 is 23.8 Å². The van der Waals surface area contributed by atoms with Crippen LogP contribution in [0.2, 0.25) is 0 Å². The Morgan fingerprint density at radius 2 is 1.79 bits per heavy atom. The van der Waals surface area contributed by atoms with E-state index in [4.69, 9.17) is 14.2 Å². The van der Waals surface area contributed by atoms with Gasteiger partial charge in [-0.2, -0.15) is 0 Å². The predicted molar refractivity (Wildman–Crippen MR) is 116 cm³/mol. The monoisotopic (exact) mass is 431 g/mol. The van der Waals surface area contributed by atoms with Gasteiger partial charge in [-0.25, -0.2) is 4.79 Å². The van der Waals surface area contributed by atoms with Crippen LogP contribution in [0.25, 0.3) is 10.4 Å². The maximum absolute atomic E-state index is 12.9. The molecule has 1 aromatic carbocycles. The number of thiophene rings is 2. The second-order valence-electron chi connectivity index (χ2n) is 5.99. The number of esters is 1. The average Bonchev–Trinajstić information content (AvgIpc) is 3.35. The van der Waals surface area contributed by atoms with Crippen LogP contribution < -0.4 is 14.8 Å². The number of aryl methyl sites for hydroxylation is 1. The van der Waals surface area contributed by atoms with Crippen molar-refractivity contribution >= 4 is 39.6 Å². The van der Waals surface area contributed by atoms with E-state index in [2.05, 4.69) is 5.32 Å². The molecule has 6 nitrogen and oxygen atoms in total. The normalized spacial score (nSPS) is 10.5. The van der Waals surface area contributed by atoms with E-state index in [1.54, 1.807) is 25.1 Å². The Hall–Kier alpha value is -2.84. The third-order valence-electron chi connectivity index (χ3n) is 4.17. The number of nitrogens with one attached hydrogen (secondary N) is 1. The fraction of sp³-hybridized carbons (Fsp3) is 0.238. The first-order chi connectivity index (χ1) is 14.0. The number of amides is 1. The van der Waals surface area contributed by atoms with Gasteiger partial charge < -0.3 is 19.5 Å². The van der Waals surface area contributed by atoms with Gasteiger partial charge in [0.15, 0.2) is 0 Å². The quantitative estimate of drug-likeness (QED) is 0.519. The molecule has 0 saturated carbocycles. The molecule has 0 bridgehead atoms. The van der Waals surface area contributed by atoms with E-state index >= 15 is 0 Å². The summed E-state index contributed by atoms with van der Waals surface area (Å²) in [7, 11) is 3.04. The number of ether oxygens (including phenoxy) is 3. The highest BCUT2D eigenvalue weighted by molar-refractivity contribution is 7.18. The lowest BCUT2D eigenvalue weighted by molar-refractivity contribution is 0.0529. The molecule has 0 radical (unpaired) electrons. The first kappa shape index (κ1) is 20.9. The van der Waals surface area contributed by atoms with Crippen LogP contribution in [-0.2, 0) is 4.74 Å². The van der Waals surface area contributed by atoms with Crippen molar-refractivity contribution in [2.24, 2.45) is 0 Å². The number of methoxy groups -OCH3 is 2. The Balaban J connectivity index is 2.02. The standard InChI is InChI=1S/C21H21NO5S2/c1-5-27-21(24)18-17(16-7-6-8-28-16)12(2)29-20(18)22-19(23)13-9-14(25-3)11-15(10-13)26-4/h6-11H,5H2,1-4H3,(H,22,23). The van der Waals surface area contributed by atoms with Crippen LogP contribution in [0.4, 0.5) is 5.00 Å². The Morgan fingerprint density at radius 1 is 1.10 bits per heavy atom. The summed E-state index contributed by atoms with van der Waals surface area (Å²) < 4.78 is 15.7. The molecule has 0 unspecified atom stereocenters. The van der Waals surface area contributed by atoms with Crippen LogP contribution in [-0.4, -0.2) is 32.7 Å². The molecule has 0 fully saturated rings. The van der Waals surface area contributed by atoms with Crippen molar-refractivity contribution in [3.8, 4) is 21.9 Å². The Morgan fingerprint density at radius 3 is 2.34 bits per heavy atom. The van der Waals surface area contributed by atoms with Gasteiger partial charge in [0, 0.05) is 26.9 Å². The molecule has 8 heteroatoms. The van der Waals surface area contributed by atoms with E-state index in [9.17, 15) is 9.59 Å². The van der Waals surface area contributed by atoms with Gasteiger partial charge in [0.05, 0.1) is 20.8 Å². The number of rotatable bonds is 7. The van der Waals surface area contributed by atoms with Gasteiger partial charge >= 0.3 is 5.97 Å². The van der Waals surface area contributed by atoms with E-state index in [1.165, 1.54) is 36.9 Å². The molecule has 0 atom stereocenters. The number of hydrogen-bond acceptors (Lipinski definition) is 7. The summed E-state index contributed by atoms with van der Waals surface area (Å²) in [6, 6.07) is 8.78. The highest BCUT2D eigenvalue weighted by Crippen LogP contribution is 2.42. The predicted octanol–water partition coefficient (Wildman–Crippen LogP) is 5.23. The van der Waals surface area contributed by atoms with Crippen molar-refractivity contribution in [3.63, 3.8) is 0 Å². The number of carbonyl (C=O) groups excluding carboxylic acids is 2. The summed E-state index contributed by atoms with van der Waals surface area (Å²) in [4.78, 5) is 27.5. The smallest absolute Gasteiger partial charge is 0.341 e. The van der Waals surface area contributed by atoms with Crippen molar-refractivity contribution in [1.82, 2.24) is 0 Å². The molecule has 0 saturated heterocycles. The van der Waals surface area contributed by atoms with Gasteiger partial charge in [0.25, 0.3) is 5.91 Å². The largest absolute Gasteiger partial charge is 0.497 e. The van der Waals surface area contributed by atoms with Gasteiger partial charge in [-0.1, -0.05) is 6.07 Å². The van der Waals surface area contributed by atoms with Gasteiger partial charge in [0.1, 0.15) is 22.1 Å². The zero-order valence-electron chi connectivity index (χ0n) is 16.5. The molecule has 0 aliphatic carbocycles. The van der Waals surface area contributed by atoms with Gasteiger partial charge in [-0.15, -0.1) is 22.7 Å². The number of benzene rings is 1. The third-order valence-corrected chi connectivity index (χ3v) is 6.08. The van der Waals surface area contributed by atoms with E-state index in [0.29, 0.717) is 27.6 Å². The van der Waals surface area contributed by atoms with E-state index in [0.717, 1.165) is 15.3 Å². The van der Waals surface area contributed by atoms with Crippen LogP contribution in [0.15, 0.2) is 35.7 Å². The van der Waals surface area contributed by atoms with Crippen LogP contribution >= 0.6 is 22.7 Å². The second kappa shape index (κ2) is 9.11. The molecule has 1 N–H and O–H groups in total. The maximum atomic E-state index is 12.9. The summed E-state index contributed by atoms with van der Waals surface area (Å²) >= 11 is 2.88. The maximum Gasteiger partial charge on any atom is 0.341 e. The zero-order valence-corrected chi connectivity index (χ0v) is 18.2. The summed E-state index contributed by atoms with van der Waals surface area (Å²) in [5, 5.41) is 5.27. The molecule has 152 valence electrons. The summed E-state index contributed by atoms with van der Waals surface area (Å²) in [6.07, 6.45) is 0. The Bertz CT molecular complexity index is 1000. The molecule has 0 aliphatic rings. The van der Waals surface area contributed by atoms with Gasteiger partial charge in [-0.05, 0) is 37.4 Å². The lowest BCUT2D eigenvalue weighted by Crippen LogP contribution is -2.15. The van der Waals surface area contributed by atoms with Crippen molar-refractivity contribution in [2.45, 2.75) is 13.8 Å². The molecule has 1 amide bonds. The highest BCUT2D eigenvalue weighted by Gasteiger charge is 2.26. The van der Waals surface area contributed by atoms with Gasteiger partial charge in [-0.3, -0.25) is 4.79 Å². The lowest BCUT2D eigenvalue weighted by atomic mass is 10.1. The third kappa shape index (κ3) is 4.44. The van der Waals surface area contributed by atoms with E-state index in [-0.39, 0.29) is 12.5 Å². The number of anilines is 1. The van der Waals surface area contributed by atoms with E-state index in [1.807, 2.05) is 24.4 Å². The molecular weight excluding hydrogens is 410 g/mol. The SMILES string of the molecule is CCOC(=O)c1c(NC(=O)c2cc(OC)cc(OC)c2)sc(C)c1-c1cccs1. The van der Waals surface area contributed by atoms with Crippen LogP contribution in [0.5, 0.6) is 11.5 Å². The minimum atomic E-state index is -0.459. The molecule has 3 rings (SSSR count). The second-order valence-corrected chi connectivity index (χ2v) is 8.16. The molecule has 2 aromatic heterocycles. The minimum Gasteiger partial charge on any atom is -0.497 e. The topological polar surface area (TPSA) is 73.9 Å². The van der Waals surface area contributed by atoms with E-state index < -0.39 is 5.97 Å². The number of carbonyl (C=O) groups is 2. The minimum absolute atomic E-state index is 0.248. The summed E-state index contributed by atoms with van der Waals surface area (Å²) in [5.41, 5.74) is 1.53. The fourth-order valence-corrected chi connectivity index (χ4v) is 4.81. The van der Waals surface area contributed by atoms with Gasteiger partial charge in [0.2, 0.25) is 0 Å². The average molecular weight is 432 g/mol. The fourth-order valence-electron chi connectivity index (χ4n) is 2.86. The molecule has 0 aliphatic heterocycles. The molecule has 29 heavy (non-hydrogen) atoms. The van der Waals surface area contributed by atoms with Crippen LogP contribution in [0, 0.1) is 6.92 Å². The molecule has 0 spiro atoms. The first-order valence-electron chi connectivity index (χ1n) is 8.87. The Kier molecular flexibility index (Phi) is 6.56.